The molecule has 0 radical (unpaired) electrons. The van der Waals surface area contributed by atoms with Gasteiger partial charge in [0.15, 0.2) is 6.61 Å². The largest absolute Gasteiger partial charge is 0.455 e. The van der Waals surface area contributed by atoms with Gasteiger partial charge < -0.3 is 10.1 Å². The van der Waals surface area contributed by atoms with Crippen molar-refractivity contribution in [2.45, 2.75) is 16.8 Å². The zero-order valence-corrected chi connectivity index (χ0v) is 17.2. The second-order valence-corrected chi connectivity index (χ2v) is 7.90. The summed E-state index contributed by atoms with van der Waals surface area (Å²) in [6.07, 6.45) is 1.96. The Hall–Kier alpha value is -2.51. The molecule has 28 heavy (non-hydrogen) atoms. The molecule has 1 N–H and O–H groups in total. The molecule has 0 aliphatic carbocycles. The molecule has 0 bridgehead atoms. The second kappa shape index (κ2) is 9.61. The van der Waals surface area contributed by atoms with E-state index >= 15 is 0 Å². The van der Waals surface area contributed by atoms with E-state index in [0.29, 0.717) is 5.69 Å². The number of anilines is 1. The Morgan fingerprint density at radius 1 is 1.11 bits per heavy atom. The van der Waals surface area contributed by atoms with Crippen LogP contribution in [0.3, 0.4) is 0 Å². The molecule has 7 heteroatoms. The lowest BCUT2D eigenvalue weighted by Crippen LogP contribution is -2.21. The molecule has 3 aromatic rings. The molecule has 0 spiro atoms. The number of aryl methyl sites for hydroxylation is 1. The van der Waals surface area contributed by atoms with Crippen LogP contribution in [0.2, 0.25) is 0 Å². The Morgan fingerprint density at radius 3 is 2.75 bits per heavy atom. The third kappa shape index (κ3) is 5.50. The van der Waals surface area contributed by atoms with Crippen LogP contribution in [-0.4, -0.2) is 35.5 Å². The van der Waals surface area contributed by atoms with Gasteiger partial charge in [0.2, 0.25) is 0 Å². The molecule has 0 saturated heterocycles. The number of fused-ring (bicyclic) bond motifs is 1. The van der Waals surface area contributed by atoms with Gasteiger partial charge in [-0.25, -0.2) is 4.98 Å². The Morgan fingerprint density at radius 2 is 1.93 bits per heavy atom. The summed E-state index contributed by atoms with van der Waals surface area (Å²) in [6, 6.07) is 17.3. The minimum Gasteiger partial charge on any atom is -0.455 e. The van der Waals surface area contributed by atoms with Gasteiger partial charge in [-0.05, 0) is 49.1 Å². The highest BCUT2D eigenvalue weighted by Crippen LogP contribution is 2.23. The molecular formula is C21H20N2O3S2. The van der Waals surface area contributed by atoms with Gasteiger partial charge in [-0.1, -0.05) is 36.0 Å². The van der Waals surface area contributed by atoms with Crippen molar-refractivity contribution in [1.29, 1.82) is 0 Å². The monoisotopic (exact) mass is 412 g/mol. The van der Waals surface area contributed by atoms with Crippen LogP contribution in [0.4, 0.5) is 5.69 Å². The molecule has 0 fully saturated rings. The number of nitrogens with one attached hydrogen (secondary N) is 1. The van der Waals surface area contributed by atoms with Crippen molar-refractivity contribution in [2.24, 2.45) is 0 Å². The van der Waals surface area contributed by atoms with Crippen LogP contribution in [0.15, 0.2) is 64.5 Å². The minimum atomic E-state index is -0.453. The van der Waals surface area contributed by atoms with Crippen LogP contribution in [0.25, 0.3) is 10.9 Å². The van der Waals surface area contributed by atoms with Gasteiger partial charge in [-0.2, -0.15) is 0 Å². The van der Waals surface area contributed by atoms with Crippen molar-refractivity contribution in [3.8, 4) is 0 Å². The zero-order chi connectivity index (χ0) is 19.9. The molecule has 1 amide bonds. The number of amides is 1. The van der Waals surface area contributed by atoms with E-state index in [-0.39, 0.29) is 18.3 Å². The third-order valence-corrected chi connectivity index (χ3v) is 5.57. The summed E-state index contributed by atoms with van der Waals surface area (Å²) in [7, 11) is 0. The number of thioether (sulfide) groups is 2. The highest BCUT2D eigenvalue weighted by Gasteiger charge is 2.10. The fourth-order valence-corrected chi connectivity index (χ4v) is 3.84. The molecule has 0 atom stereocenters. The Balaban J connectivity index is 1.48. The Labute approximate surface area is 172 Å². The van der Waals surface area contributed by atoms with Crippen LogP contribution in [-0.2, 0) is 14.3 Å². The molecule has 0 aliphatic rings. The number of carbonyl (C=O) groups excluding carboxylic acids is 2. The van der Waals surface area contributed by atoms with Gasteiger partial charge in [-0.15, -0.1) is 11.8 Å². The number of hydrogen-bond donors (Lipinski definition) is 1. The number of rotatable bonds is 7. The Kier molecular flexibility index (Phi) is 6.95. The fraction of sp³-hybridized carbons (Fsp3) is 0.190. The van der Waals surface area contributed by atoms with Crippen LogP contribution in [0, 0.1) is 6.92 Å². The lowest BCUT2D eigenvalue weighted by atomic mass is 10.1. The highest BCUT2D eigenvalue weighted by molar-refractivity contribution is 7.99. The number of ether oxygens (including phenoxy) is 1. The first-order valence-corrected chi connectivity index (χ1v) is 10.8. The molecule has 144 valence electrons. The molecule has 2 aromatic carbocycles. The molecule has 0 unspecified atom stereocenters. The predicted molar refractivity (Wildman–Crippen MR) is 115 cm³/mol. The van der Waals surface area contributed by atoms with E-state index in [1.807, 2.05) is 61.7 Å². The van der Waals surface area contributed by atoms with Crippen LogP contribution in [0.1, 0.15) is 5.56 Å². The maximum absolute atomic E-state index is 12.0. The number of carbonyl (C=O) groups is 2. The van der Waals surface area contributed by atoms with E-state index in [1.165, 1.54) is 11.8 Å². The summed E-state index contributed by atoms with van der Waals surface area (Å²) in [4.78, 5) is 29.5. The van der Waals surface area contributed by atoms with Crippen molar-refractivity contribution in [1.82, 2.24) is 4.98 Å². The standard InChI is InChI=1S/C21H20N2O3S2/c1-14-10-20(23-18-9-4-3-8-17(14)18)28-13-21(25)26-12-19(24)22-15-6-5-7-16(11-15)27-2/h3-11H,12-13H2,1-2H3,(H,22,24). The smallest absolute Gasteiger partial charge is 0.316 e. The van der Waals surface area contributed by atoms with Crippen molar-refractivity contribution in [2.75, 3.05) is 23.9 Å². The maximum Gasteiger partial charge on any atom is 0.316 e. The van der Waals surface area contributed by atoms with Crippen LogP contribution < -0.4 is 5.32 Å². The number of pyridine rings is 1. The number of nitrogens with zero attached hydrogens (tertiary/aromatic N) is 1. The van der Waals surface area contributed by atoms with E-state index in [0.717, 1.165) is 26.4 Å². The third-order valence-electron chi connectivity index (χ3n) is 3.96. The summed E-state index contributed by atoms with van der Waals surface area (Å²) in [5.74, 6) is -0.720. The van der Waals surface area contributed by atoms with Crippen molar-refractivity contribution in [3.05, 3.63) is 60.2 Å². The van der Waals surface area contributed by atoms with Crippen molar-refractivity contribution < 1.29 is 14.3 Å². The van der Waals surface area contributed by atoms with Crippen LogP contribution >= 0.6 is 23.5 Å². The fourth-order valence-electron chi connectivity index (χ4n) is 2.61. The molecule has 1 aromatic heterocycles. The maximum atomic E-state index is 12.0. The predicted octanol–water partition coefficient (Wildman–Crippen LogP) is 4.54. The highest BCUT2D eigenvalue weighted by atomic mass is 32.2. The Bertz CT molecular complexity index is 1010. The quantitative estimate of drug-likeness (QED) is 0.454. The van der Waals surface area contributed by atoms with E-state index in [2.05, 4.69) is 10.3 Å². The number of aromatic nitrogens is 1. The SMILES string of the molecule is CSc1cccc(NC(=O)COC(=O)CSc2cc(C)c3ccccc3n2)c1. The lowest BCUT2D eigenvalue weighted by Gasteiger charge is -2.08. The van der Waals surface area contributed by atoms with Gasteiger partial charge >= 0.3 is 5.97 Å². The van der Waals surface area contributed by atoms with Gasteiger partial charge in [0.05, 0.1) is 16.3 Å². The molecule has 1 heterocycles. The van der Waals surface area contributed by atoms with Gasteiger partial charge in [0.25, 0.3) is 5.91 Å². The molecular weight excluding hydrogens is 392 g/mol. The van der Waals surface area contributed by atoms with Crippen LogP contribution in [0.5, 0.6) is 0 Å². The summed E-state index contributed by atoms with van der Waals surface area (Å²) in [5.41, 5.74) is 2.68. The topological polar surface area (TPSA) is 68.3 Å². The molecule has 3 rings (SSSR count). The number of benzene rings is 2. The molecule has 0 saturated carbocycles. The minimum absolute atomic E-state index is 0.0972. The second-order valence-electron chi connectivity index (χ2n) is 6.02. The van der Waals surface area contributed by atoms with E-state index in [4.69, 9.17) is 4.74 Å². The summed E-state index contributed by atoms with van der Waals surface area (Å²) in [5, 5.41) is 4.57. The lowest BCUT2D eigenvalue weighted by molar-refractivity contribution is -0.144. The molecule has 0 aliphatic heterocycles. The number of hydrogen-bond acceptors (Lipinski definition) is 6. The van der Waals surface area contributed by atoms with Crippen molar-refractivity contribution in [3.63, 3.8) is 0 Å². The summed E-state index contributed by atoms with van der Waals surface area (Å²) < 4.78 is 5.07. The summed E-state index contributed by atoms with van der Waals surface area (Å²) >= 11 is 2.89. The van der Waals surface area contributed by atoms with E-state index in [9.17, 15) is 9.59 Å². The van der Waals surface area contributed by atoms with Gasteiger partial charge in [-0.3, -0.25) is 9.59 Å². The first kappa shape index (κ1) is 20.2. The number of esters is 1. The normalized spacial score (nSPS) is 10.6. The molecule has 5 nitrogen and oxygen atoms in total. The van der Waals surface area contributed by atoms with Crippen molar-refractivity contribution >= 4 is 52.0 Å². The zero-order valence-electron chi connectivity index (χ0n) is 15.6. The average Bonchev–Trinajstić information content (AvgIpc) is 2.71. The first-order chi connectivity index (χ1) is 13.5. The van der Waals surface area contributed by atoms with Gasteiger partial charge in [0, 0.05) is 16.0 Å². The average molecular weight is 413 g/mol. The first-order valence-electron chi connectivity index (χ1n) is 8.64. The van der Waals surface area contributed by atoms with Gasteiger partial charge in [0.1, 0.15) is 0 Å². The number of para-hydroxylation sites is 1. The van der Waals surface area contributed by atoms with E-state index in [1.54, 1.807) is 17.8 Å². The summed E-state index contributed by atoms with van der Waals surface area (Å²) in [6.45, 7) is 1.70. The van der Waals surface area contributed by atoms with E-state index < -0.39 is 5.97 Å².